The summed E-state index contributed by atoms with van der Waals surface area (Å²) in [5.41, 5.74) is 3.14. The van der Waals surface area contributed by atoms with Crippen molar-refractivity contribution >= 4 is 40.0 Å². The second kappa shape index (κ2) is 11.5. The standard InChI is InChI=1S/C25H29N3O4S/c1-16-7-9-19(10-8-16)32-12-11-17(14-23(29)30)24(31)28-22(25(33)26-2)13-18-15-27-21-6-4-3-5-20(18)21/h3-10,15,17,22,27H,11-14H2,1-2H3,(H,26,33)(H,28,31)(H,29,30). The number of benzene rings is 2. The van der Waals surface area contributed by atoms with E-state index in [1.54, 1.807) is 7.05 Å². The predicted octanol–water partition coefficient (Wildman–Crippen LogP) is 3.61. The maximum atomic E-state index is 13.1. The van der Waals surface area contributed by atoms with Crippen LogP contribution in [-0.4, -0.2) is 46.7 Å². The molecule has 0 spiro atoms. The van der Waals surface area contributed by atoms with Crippen molar-refractivity contribution in [3.05, 3.63) is 65.9 Å². The highest BCUT2D eigenvalue weighted by Crippen LogP contribution is 2.20. The van der Waals surface area contributed by atoms with Crippen molar-refractivity contribution in [1.82, 2.24) is 15.6 Å². The van der Waals surface area contributed by atoms with E-state index >= 15 is 0 Å². The fourth-order valence-electron chi connectivity index (χ4n) is 3.68. The number of amides is 1. The molecule has 0 bridgehead atoms. The minimum Gasteiger partial charge on any atom is -0.494 e. The zero-order valence-electron chi connectivity index (χ0n) is 18.8. The number of nitrogens with one attached hydrogen (secondary N) is 3. The van der Waals surface area contributed by atoms with Gasteiger partial charge in [-0.25, -0.2) is 0 Å². The van der Waals surface area contributed by atoms with Gasteiger partial charge in [0.05, 0.1) is 30.0 Å². The van der Waals surface area contributed by atoms with E-state index in [1.807, 2.05) is 61.7 Å². The van der Waals surface area contributed by atoms with E-state index in [2.05, 4.69) is 15.6 Å². The van der Waals surface area contributed by atoms with Gasteiger partial charge in [-0.05, 0) is 37.1 Å². The molecule has 2 unspecified atom stereocenters. The number of hydrogen-bond acceptors (Lipinski definition) is 4. The van der Waals surface area contributed by atoms with Crippen LogP contribution in [0.15, 0.2) is 54.7 Å². The molecule has 0 aliphatic carbocycles. The number of carbonyl (C=O) groups is 2. The fraction of sp³-hybridized carbons (Fsp3) is 0.320. The summed E-state index contributed by atoms with van der Waals surface area (Å²) in [6, 6.07) is 15.0. The summed E-state index contributed by atoms with van der Waals surface area (Å²) in [5.74, 6) is -1.44. The summed E-state index contributed by atoms with van der Waals surface area (Å²) in [6.07, 6.45) is 2.38. The Morgan fingerprint density at radius 1 is 1.15 bits per heavy atom. The Bertz CT molecular complexity index is 1110. The van der Waals surface area contributed by atoms with Crippen molar-refractivity contribution in [1.29, 1.82) is 0 Å². The Morgan fingerprint density at radius 2 is 1.88 bits per heavy atom. The van der Waals surface area contributed by atoms with Crippen LogP contribution >= 0.6 is 12.2 Å². The van der Waals surface area contributed by atoms with Crippen LogP contribution in [0.5, 0.6) is 5.75 Å². The molecule has 1 heterocycles. The number of likely N-dealkylation sites (N-methyl/N-ethyl adjacent to an activating group) is 1. The molecule has 0 saturated carbocycles. The van der Waals surface area contributed by atoms with E-state index in [9.17, 15) is 14.7 Å². The number of aromatic amines is 1. The van der Waals surface area contributed by atoms with Gasteiger partial charge in [-0.2, -0.15) is 0 Å². The van der Waals surface area contributed by atoms with Crippen LogP contribution in [0, 0.1) is 12.8 Å². The first kappa shape index (κ1) is 24.3. The van der Waals surface area contributed by atoms with Gasteiger partial charge in [-0.1, -0.05) is 48.1 Å². The van der Waals surface area contributed by atoms with Crippen molar-refractivity contribution in [2.24, 2.45) is 5.92 Å². The smallest absolute Gasteiger partial charge is 0.304 e. The van der Waals surface area contributed by atoms with E-state index in [0.29, 0.717) is 17.2 Å². The van der Waals surface area contributed by atoms with Crippen LogP contribution < -0.4 is 15.4 Å². The molecule has 2 atom stereocenters. The lowest BCUT2D eigenvalue weighted by molar-refractivity contribution is -0.141. The minimum absolute atomic E-state index is 0.234. The first-order chi connectivity index (χ1) is 15.9. The highest BCUT2D eigenvalue weighted by molar-refractivity contribution is 7.80. The van der Waals surface area contributed by atoms with Crippen molar-refractivity contribution in [3.63, 3.8) is 0 Å². The molecule has 7 nitrogen and oxygen atoms in total. The average Bonchev–Trinajstić information content (AvgIpc) is 3.21. The van der Waals surface area contributed by atoms with Gasteiger partial charge in [-0.3, -0.25) is 9.59 Å². The third-order valence-corrected chi connectivity index (χ3v) is 6.01. The summed E-state index contributed by atoms with van der Waals surface area (Å²) < 4.78 is 5.72. The topological polar surface area (TPSA) is 103 Å². The number of carbonyl (C=O) groups excluding carboxylic acids is 1. The van der Waals surface area contributed by atoms with Gasteiger partial charge in [0.25, 0.3) is 0 Å². The molecule has 0 radical (unpaired) electrons. The molecule has 2 aromatic carbocycles. The summed E-state index contributed by atoms with van der Waals surface area (Å²) in [7, 11) is 1.71. The number of H-pyrrole nitrogens is 1. The summed E-state index contributed by atoms with van der Waals surface area (Å²) in [4.78, 5) is 28.2. The molecular formula is C25H29N3O4S. The van der Waals surface area contributed by atoms with Crippen molar-refractivity contribution in [2.75, 3.05) is 13.7 Å². The summed E-state index contributed by atoms with van der Waals surface area (Å²) in [5, 5.41) is 16.3. The molecule has 0 saturated heterocycles. The number of ether oxygens (including phenoxy) is 1. The van der Waals surface area contributed by atoms with E-state index < -0.39 is 17.9 Å². The van der Waals surface area contributed by atoms with E-state index in [4.69, 9.17) is 17.0 Å². The Kier molecular flexibility index (Phi) is 8.43. The first-order valence-electron chi connectivity index (χ1n) is 10.9. The van der Waals surface area contributed by atoms with Crippen molar-refractivity contribution in [2.45, 2.75) is 32.2 Å². The van der Waals surface area contributed by atoms with Gasteiger partial charge in [0.15, 0.2) is 0 Å². The fourth-order valence-corrected chi connectivity index (χ4v) is 3.83. The first-order valence-corrected chi connectivity index (χ1v) is 11.3. The van der Waals surface area contributed by atoms with E-state index in [0.717, 1.165) is 22.0 Å². The van der Waals surface area contributed by atoms with Gasteiger partial charge in [0.2, 0.25) is 5.91 Å². The number of aliphatic carboxylic acids is 1. The lowest BCUT2D eigenvalue weighted by Gasteiger charge is -2.23. The number of fused-ring (bicyclic) bond motifs is 1. The number of rotatable bonds is 11. The number of thiocarbonyl (C=S) groups is 1. The predicted molar refractivity (Wildman–Crippen MR) is 133 cm³/mol. The Labute approximate surface area is 198 Å². The SMILES string of the molecule is CNC(=S)C(Cc1c[nH]c2ccccc12)NC(=O)C(CCOc1ccc(C)cc1)CC(=O)O. The quantitative estimate of drug-likeness (QED) is 0.321. The zero-order chi connectivity index (χ0) is 23.8. The summed E-state index contributed by atoms with van der Waals surface area (Å²) in [6.45, 7) is 2.22. The number of para-hydroxylation sites is 1. The highest BCUT2D eigenvalue weighted by atomic mass is 32.1. The molecule has 174 valence electrons. The second-order valence-corrected chi connectivity index (χ2v) is 8.42. The molecule has 33 heavy (non-hydrogen) atoms. The highest BCUT2D eigenvalue weighted by Gasteiger charge is 2.26. The molecule has 3 rings (SSSR count). The molecule has 0 aliphatic heterocycles. The van der Waals surface area contributed by atoms with Crippen LogP contribution in [0.2, 0.25) is 0 Å². The maximum absolute atomic E-state index is 13.1. The third-order valence-electron chi connectivity index (χ3n) is 5.53. The van der Waals surface area contributed by atoms with Gasteiger partial charge in [0.1, 0.15) is 5.75 Å². The largest absolute Gasteiger partial charge is 0.494 e. The van der Waals surface area contributed by atoms with E-state index in [1.165, 1.54) is 0 Å². The zero-order valence-corrected chi connectivity index (χ0v) is 19.6. The number of carboxylic acids is 1. The average molecular weight is 468 g/mol. The molecule has 0 aliphatic rings. The van der Waals surface area contributed by atoms with Crippen LogP contribution in [0.25, 0.3) is 10.9 Å². The molecule has 8 heteroatoms. The Hall–Kier alpha value is -3.39. The number of aryl methyl sites for hydroxylation is 1. The third kappa shape index (κ3) is 6.79. The lowest BCUT2D eigenvalue weighted by Crippen LogP contribution is -2.48. The molecule has 3 aromatic rings. The maximum Gasteiger partial charge on any atom is 0.304 e. The minimum atomic E-state index is -1.03. The monoisotopic (exact) mass is 467 g/mol. The van der Waals surface area contributed by atoms with Gasteiger partial charge >= 0.3 is 5.97 Å². The molecule has 1 aromatic heterocycles. The van der Waals surface area contributed by atoms with Gasteiger partial charge in [-0.15, -0.1) is 0 Å². The number of hydrogen-bond donors (Lipinski definition) is 4. The number of carboxylic acid groups (broad SMARTS) is 1. The van der Waals surface area contributed by atoms with Crippen molar-refractivity contribution in [3.8, 4) is 5.75 Å². The molecule has 4 N–H and O–H groups in total. The second-order valence-electron chi connectivity index (χ2n) is 7.98. The van der Waals surface area contributed by atoms with Gasteiger partial charge in [0, 0.05) is 30.6 Å². The van der Waals surface area contributed by atoms with Gasteiger partial charge < -0.3 is 25.5 Å². The van der Waals surface area contributed by atoms with Crippen LogP contribution in [0.3, 0.4) is 0 Å². The Morgan fingerprint density at radius 3 is 2.58 bits per heavy atom. The van der Waals surface area contributed by atoms with Crippen molar-refractivity contribution < 1.29 is 19.4 Å². The van der Waals surface area contributed by atoms with Crippen LogP contribution in [0.4, 0.5) is 0 Å². The lowest BCUT2D eigenvalue weighted by atomic mass is 9.99. The Balaban J connectivity index is 1.67. The molecule has 0 fully saturated rings. The summed E-state index contributed by atoms with van der Waals surface area (Å²) >= 11 is 5.45. The molecular weight excluding hydrogens is 438 g/mol. The normalized spacial score (nSPS) is 12.7. The van der Waals surface area contributed by atoms with Crippen LogP contribution in [-0.2, 0) is 16.0 Å². The number of aromatic nitrogens is 1. The van der Waals surface area contributed by atoms with Crippen LogP contribution in [0.1, 0.15) is 24.0 Å². The van der Waals surface area contributed by atoms with E-state index in [-0.39, 0.29) is 25.4 Å². The molecule has 1 amide bonds.